The van der Waals surface area contributed by atoms with Gasteiger partial charge in [0.25, 0.3) is 5.91 Å². The van der Waals surface area contributed by atoms with Crippen LogP contribution in [0.3, 0.4) is 0 Å². The van der Waals surface area contributed by atoms with Crippen molar-refractivity contribution in [1.29, 1.82) is 0 Å². The van der Waals surface area contributed by atoms with E-state index in [1.165, 1.54) is 14.2 Å². The maximum Gasteiger partial charge on any atom is 0.343 e. The van der Waals surface area contributed by atoms with Crippen LogP contribution in [0.4, 0.5) is 5.69 Å². The third kappa shape index (κ3) is 3.24. The van der Waals surface area contributed by atoms with Crippen molar-refractivity contribution in [2.75, 3.05) is 26.1 Å². The number of hydrogen-bond acceptors (Lipinski definition) is 6. The minimum Gasteiger partial charge on any atom is -0.497 e. The van der Waals surface area contributed by atoms with Crippen LogP contribution in [0.5, 0.6) is 23.0 Å². The number of methoxy groups -OCH3 is 2. The Morgan fingerprint density at radius 1 is 1.04 bits per heavy atom. The van der Waals surface area contributed by atoms with E-state index in [1.54, 1.807) is 36.4 Å². The van der Waals surface area contributed by atoms with Gasteiger partial charge in [-0.1, -0.05) is 0 Å². The number of amides is 1. The van der Waals surface area contributed by atoms with E-state index in [2.05, 4.69) is 5.32 Å². The Labute approximate surface area is 138 Å². The Morgan fingerprint density at radius 2 is 1.75 bits per heavy atom. The molecule has 0 atom stereocenters. The highest BCUT2D eigenvalue weighted by Crippen LogP contribution is 2.32. The number of nitrogens with one attached hydrogen (secondary N) is 1. The molecule has 1 aliphatic rings. The molecule has 124 valence electrons. The molecule has 7 nitrogen and oxygen atoms in total. The molecule has 2 aromatic carbocycles. The van der Waals surface area contributed by atoms with E-state index in [4.69, 9.17) is 18.9 Å². The summed E-state index contributed by atoms with van der Waals surface area (Å²) in [5, 5.41) is 2.66. The molecule has 1 amide bonds. The number of fused-ring (bicyclic) bond motifs is 1. The van der Waals surface area contributed by atoms with Crippen molar-refractivity contribution in [2.45, 2.75) is 0 Å². The molecule has 0 saturated carbocycles. The molecule has 0 bridgehead atoms. The minimum atomic E-state index is -0.563. The van der Waals surface area contributed by atoms with Gasteiger partial charge in [-0.25, -0.2) is 4.79 Å². The Bertz CT molecular complexity index is 779. The van der Waals surface area contributed by atoms with Gasteiger partial charge in [0.15, 0.2) is 6.61 Å². The maximum absolute atomic E-state index is 12.3. The number of benzene rings is 2. The van der Waals surface area contributed by atoms with Gasteiger partial charge in [0, 0.05) is 12.1 Å². The Morgan fingerprint density at radius 3 is 2.42 bits per heavy atom. The molecular weight excluding hydrogens is 314 g/mol. The van der Waals surface area contributed by atoms with E-state index in [0.29, 0.717) is 28.7 Å². The first kappa shape index (κ1) is 15.7. The molecule has 0 fully saturated rings. The molecule has 0 unspecified atom stereocenters. The summed E-state index contributed by atoms with van der Waals surface area (Å²) in [6.45, 7) is -0.0719. The second-order valence-corrected chi connectivity index (χ2v) is 4.99. The molecule has 7 heteroatoms. The van der Waals surface area contributed by atoms with E-state index >= 15 is 0 Å². The lowest BCUT2D eigenvalue weighted by molar-refractivity contribution is -0.118. The van der Waals surface area contributed by atoms with Crippen molar-refractivity contribution < 1.29 is 28.5 Å². The first-order valence-electron chi connectivity index (χ1n) is 7.11. The van der Waals surface area contributed by atoms with Crippen LogP contribution in [0.15, 0.2) is 36.4 Å². The van der Waals surface area contributed by atoms with Gasteiger partial charge in [0.05, 0.1) is 25.5 Å². The molecule has 0 radical (unpaired) electrons. The van der Waals surface area contributed by atoms with Crippen molar-refractivity contribution >= 4 is 17.6 Å². The fraction of sp³-hybridized carbons (Fsp3) is 0.176. The van der Waals surface area contributed by atoms with Crippen molar-refractivity contribution in [3.63, 3.8) is 0 Å². The zero-order valence-electron chi connectivity index (χ0n) is 13.1. The van der Waals surface area contributed by atoms with Gasteiger partial charge in [-0.3, -0.25) is 4.79 Å². The van der Waals surface area contributed by atoms with Gasteiger partial charge in [-0.2, -0.15) is 0 Å². The fourth-order valence-electron chi connectivity index (χ4n) is 2.21. The van der Waals surface area contributed by atoms with E-state index in [9.17, 15) is 9.59 Å². The summed E-state index contributed by atoms with van der Waals surface area (Å²) in [4.78, 5) is 23.6. The Balaban J connectivity index is 1.81. The summed E-state index contributed by atoms with van der Waals surface area (Å²) in [5.41, 5.74) is 0.826. The normalized spacial score (nSPS) is 12.5. The first-order chi connectivity index (χ1) is 11.6. The molecule has 1 N–H and O–H groups in total. The number of anilines is 1. The Kier molecular flexibility index (Phi) is 4.24. The summed E-state index contributed by atoms with van der Waals surface area (Å²) < 4.78 is 20.9. The summed E-state index contributed by atoms with van der Waals surface area (Å²) in [7, 11) is 3.00. The number of carbonyl (C=O) groups is 2. The molecule has 1 aliphatic heterocycles. The van der Waals surface area contributed by atoms with Crippen LogP contribution < -0.4 is 24.3 Å². The highest BCUT2D eigenvalue weighted by atomic mass is 16.5. The fourth-order valence-corrected chi connectivity index (χ4v) is 2.21. The van der Waals surface area contributed by atoms with Gasteiger partial charge in [-0.15, -0.1) is 0 Å². The number of rotatable bonds is 4. The van der Waals surface area contributed by atoms with Crippen molar-refractivity contribution in [3.05, 3.63) is 42.0 Å². The van der Waals surface area contributed by atoms with E-state index in [-0.39, 0.29) is 18.1 Å². The van der Waals surface area contributed by atoms with Crippen LogP contribution in [-0.2, 0) is 4.79 Å². The van der Waals surface area contributed by atoms with Gasteiger partial charge in [-0.05, 0) is 24.3 Å². The third-order valence-corrected chi connectivity index (χ3v) is 3.38. The average Bonchev–Trinajstić information content (AvgIpc) is 2.61. The largest absolute Gasteiger partial charge is 0.497 e. The molecule has 2 aromatic rings. The summed E-state index contributed by atoms with van der Waals surface area (Å²) >= 11 is 0. The molecule has 0 aliphatic carbocycles. The lowest BCUT2D eigenvalue weighted by atomic mass is 10.2. The van der Waals surface area contributed by atoms with Gasteiger partial charge < -0.3 is 24.3 Å². The van der Waals surface area contributed by atoms with Gasteiger partial charge in [0.2, 0.25) is 0 Å². The molecular formula is C17H15NO6. The number of ether oxygens (including phenoxy) is 4. The highest BCUT2D eigenvalue weighted by Gasteiger charge is 2.18. The zero-order valence-corrected chi connectivity index (χ0v) is 13.1. The summed E-state index contributed by atoms with van der Waals surface area (Å²) in [5.74, 6) is 0.929. The molecule has 24 heavy (non-hydrogen) atoms. The number of esters is 1. The summed E-state index contributed by atoms with van der Waals surface area (Å²) in [6.07, 6.45) is 0. The van der Waals surface area contributed by atoms with Crippen molar-refractivity contribution in [2.24, 2.45) is 0 Å². The lowest BCUT2D eigenvalue weighted by Crippen LogP contribution is -2.25. The lowest BCUT2D eigenvalue weighted by Gasteiger charge is -2.18. The van der Waals surface area contributed by atoms with Crippen LogP contribution in [0.2, 0.25) is 0 Å². The zero-order chi connectivity index (χ0) is 17.1. The van der Waals surface area contributed by atoms with Gasteiger partial charge in [0.1, 0.15) is 23.0 Å². The second-order valence-electron chi connectivity index (χ2n) is 4.99. The van der Waals surface area contributed by atoms with E-state index < -0.39 is 5.97 Å². The van der Waals surface area contributed by atoms with E-state index in [1.807, 2.05) is 0 Å². The van der Waals surface area contributed by atoms with Gasteiger partial charge >= 0.3 is 5.97 Å². The topological polar surface area (TPSA) is 83.1 Å². The van der Waals surface area contributed by atoms with Crippen molar-refractivity contribution in [1.82, 2.24) is 0 Å². The SMILES string of the molecule is COc1cc(OC)cc(C(=O)Oc2ccc3c(c2)OCC(=O)N3)c1. The molecule has 0 saturated heterocycles. The van der Waals surface area contributed by atoms with Crippen LogP contribution in [-0.4, -0.2) is 32.7 Å². The Hall–Kier alpha value is -3.22. The standard InChI is InChI=1S/C17H15NO6/c1-21-12-5-10(6-13(7-12)22-2)17(20)24-11-3-4-14-15(8-11)23-9-16(19)18-14/h3-8H,9H2,1-2H3,(H,18,19). The molecule has 0 spiro atoms. The predicted octanol–water partition coefficient (Wildman–Crippen LogP) is 2.25. The monoisotopic (exact) mass is 329 g/mol. The minimum absolute atomic E-state index is 0.0719. The van der Waals surface area contributed by atoms with Crippen LogP contribution in [0, 0.1) is 0 Å². The second kappa shape index (κ2) is 6.49. The highest BCUT2D eigenvalue weighted by molar-refractivity contribution is 5.96. The van der Waals surface area contributed by atoms with Crippen LogP contribution >= 0.6 is 0 Å². The summed E-state index contributed by atoms with van der Waals surface area (Å²) in [6, 6.07) is 9.50. The number of carbonyl (C=O) groups excluding carboxylic acids is 2. The van der Waals surface area contributed by atoms with Crippen molar-refractivity contribution in [3.8, 4) is 23.0 Å². The molecule has 3 rings (SSSR count). The predicted molar refractivity (Wildman–Crippen MR) is 85.1 cm³/mol. The third-order valence-electron chi connectivity index (χ3n) is 3.38. The van der Waals surface area contributed by atoms with E-state index in [0.717, 1.165) is 0 Å². The number of hydrogen-bond donors (Lipinski definition) is 1. The smallest absolute Gasteiger partial charge is 0.343 e. The molecule has 1 heterocycles. The quantitative estimate of drug-likeness (QED) is 0.684. The van der Waals surface area contributed by atoms with Crippen LogP contribution in [0.25, 0.3) is 0 Å². The maximum atomic E-state index is 12.3. The molecule has 0 aromatic heterocycles. The first-order valence-corrected chi connectivity index (χ1v) is 7.11. The average molecular weight is 329 g/mol. The van der Waals surface area contributed by atoms with Crippen LogP contribution in [0.1, 0.15) is 10.4 Å².